The number of rotatable bonds is 3. The van der Waals surface area contributed by atoms with Gasteiger partial charge in [0.05, 0.1) is 5.92 Å². The Morgan fingerprint density at radius 3 is 2.35 bits per heavy atom. The average molecular weight is 312 g/mol. The van der Waals surface area contributed by atoms with Crippen LogP contribution in [-0.2, 0) is 9.59 Å². The topological polar surface area (TPSA) is 40.6 Å². The van der Waals surface area contributed by atoms with Crippen LogP contribution in [0.4, 0.5) is 0 Å². The van der Waals surface area contributed by atoms with E-state index in [1.54, 1.807) is 0 Å². The summed E-state index contributed by atoms with van der Waals surface area (Å²) in [6, 6.07) is 11.0. The lowest BCUT2D eigenvalue weighted by molar-refractivity contribution is -0.136. The molecule has 4 rings (SSSR count). The minimum atomic E-state index is -0.101. The van der Waals surface area contributed by atoms with Gasteiger partial charge in [-0.05, 0) is 37.2 Å². The Hall–Kier alpha value is -1.84. The highest BCUT2D eigenvalue weighted by Gasteiger charge is 2.43. The normalized spacial score (nSPS) is 25.9. The zero-order valence-electron chi connectivity index (χ0n) is 13.5. The molecule has 0 spiro atoms. The van der Waals surface area contributed by atoms with E-state index in [-0.39, 0.29) is 17.7 Å². The molecule has 1 saturated carbocycles. The Labute approximate surface area is 137 Å². The van der Waals surface area contributed by atoms with Gasteiger partial charge < -0.3 is 9.80 Å². The quantitative estimate of drug-likeness (QED) is 0.860. The van der Waals surface area contributed by atoms with Gasteiger partial charge in [-0.15, -0.1) is 0 Å². The molecule has 0 radical (unpaired) electrons. The first kappa shape index (κ1) is 14.7. The van der Waals surface area contributed by atoms with E-state index in [2.05, 4.69) is 24.3 Å². The third-order valence-electron chi connectivity index (χ3n) is 5.57. The van der Waals surface area contributed by atoms with Crippen molar-refractivity contribution in [2.75, 3.05) is 19.6 Å². The molecule has 122 valence electrons. The number of piperidine rings is 1. The molecule has 4 nitrogen and oxygen atoms in total. The molecule has 0 aromatic heterocycles. The molecule has 0 unspecified atom stereocenters. The van der Waals surface area contributed by atoms with Crippen LogP contribution in [0.25, 0.3) is 0 Å². The van der Waals surface area contributed by atoms with Crippen LogP contribution in [0, 0.1) is 5.92 Å². The van der Waals surface area contributed by atoms with Crippen molar-refractivity contribution in [3.63, 3.8) is 0 Å². The summed E-state index contributed by atoms with van der Waals surface area (Å²) in [4.78, 5) is 28.7. The molecule has 0 bridgehead atoms. The van der Waals surface area contributed by atoms with Crippen molar-refractivity contribution >= 4 is 11.8 Å². The van der Waals surface area contributed by atoms with E-state index in [4.69, 9.17) is 0 Å². The first-order valence-corrected chi connectivity index (χ1v) is 8.85. The Kier molecular flexibility index (Phi) is 3.83. The van der Waals surface area contributed by atoms with Crippen LogP contribution in [0.5, 0.6) is 0 Å². The van der Waals surface area contributed by atoms with Gasteiger partial charge in [-0.3, -0.25) is 9.59 Å². The van der Waals surface area contributed by atoms with Gasteiger partial charge in [0, 0.05) is 32.1 Å². The number of hydrogen-bond acceptors (Lipinski definition) is 2. The summed E-state index contributed by atoms with van der Waals surface area (Å²) in [5.74, 6) is 0.850. The Morgan fingerprint density at radius 1 is 1.00 bits per heavy atom. The van der Waals surface area contributed by atoms with Crippen LogP contribution >= 0.6 is 0 Å². The second kappa shape index (κ2) is 5.99. The van der Waals surface area contributed by atoms with Gasteiger partial charge in [0.2, 0.25) is 11.8 Å². The minimum absolute atomic E-state index is 0.101. The van der Waals surface area contributed by atoms with Crippen LogP contribution in [0.3, 0.4) is 0 Å². The van der Waals surface area contributed by atoms with E-state index in [0.29, 0.717) is 24.9 Å². The van der Waals surface area contributed by atoms with Crippen molar-refractivity contribution in [3.05, 3.63) is 35.9 Å². The summed E-state index contributed by atoms with van der Waals surface area (Å²) >= 11 is 0. The van der Waals surface area contributed by atoms with Gasteiger partial charge in [0.15, 0.2) is 0 Å². The summed E-state index contributed by atoms with van der Waals surface area (Å²) in [6.07, 6.45) is 4.73. The monoisotopic (exact) mass is 312 g/mol. The number of benzene rings is 1. The van der Waals surface area contributed by atoms with Gasteiger partial charge in [0.25, 0.3) is 0 Å². The standard InChI is InChI=1S/C19H24N2O2/c22-18-12-16(13-21(18)17-6-7-17)19(23)20-10-8-15(9-11-20)14-4-2-1-3-5-14/h1-5,15-17H,6-13H2/t16-/m0/s1. The fraction of sp³-hybridized carbons (Fsp3) is 0.579. The van der Waals surface area contributed by atoms with Crippen LogP contribution in [-0.4, -0.2) is 47.3 Å². The fourth-order valence-electron chi connectivity index (χ4n) is 4.05. The maximum Gasteiger partial charge on any atom is 0.227 e. The molecule has 2 aliphatic heterocycles. The molecule has 2 amide bonds. The van der Waals surface area contributed by atoms with E-state index < -0.39 is 0 Å². The first-order valence-electron chi connectivity index (χ1n) is 8.85. The van der Waals surface area contributed by atoms with Crippen LogP contribution < -0.4 is 0 Å². The van der Waals surface area contributed by atoms with Gasteiger partial charge in [0.1, 0.15) is 0 Å². The van der Waals surface area contributed by atoms with Gasteiger partial charge in [-0.25, -0.2) is 0 Å². The van der Waals surface area contributed by atoms with E-state index in [0.717, 1.165) is 38.8 Å². The van der Waals surface area contributed by atoms with Crippen molar-refractivity contribution in [3.8, 4) is 0 Å². The lowest BCUT2D eigenvalue weighted by Gasteiger charge is -2.33. The van der Waals surface area contributed by atoms with E-state index in [1.165, 1.54) is 5.56 Å². The fourth-order valence-corrected chi connectivity index (χ4v) is 4.05. The summed E-state index contributed by atoms with van der Waals surface area (Å²) in [7, 11) is 0. The molecule has 0 N–H and O–H groups in total. The highest BCUT2D eigenvalue weighted by molar-refractivity contribution is 5.89. The van der Waals surface area contributed by atoms with Crippen LogP contribution in [0.1, 0.15) is 43.6 Å². The van der Waals surface area contributed by atoms with Gasteiger partial charge in [-0.2, -0.15) is 0 Å². The van der Waals surface area contributed by atoms with Gasteiger partial charge in [-0.1, -0.05) is 30.3 Å². The largest absolute Gasteiger partial charge is 0.342 e. The minimum Gasteiger partial charge on any atom is -0.342 e. The van der Waals surface area contributed by atoms with Crippen molar-refractivity contribution in [2.24, 2.45) is 5.92 Å². The lowest BCUT2D eigenvalue weighted by atomic mass is 9.89. The number of carbonyl (C=O) groups excluding carboxylic acids is 2. The molecule has 1 aromatic rings. The Bertz CT molecular complexity index is 589. The van der Waals surface area contributed by atoms with Crippen molar-refractivity contribution in [1.29, 1.82) is 0 Å². The second-order valence-electron chi connectivity index (χ2n) is 7.19. The maximum atomic E-state index is 12.7. The summed E-state index contributed by atoms with van der Waals surface area (Å²) in [5, 5.41) is 0. The SMILES string of the molecule is O=C([C@H]1CC(=O)N(C2CC2)C1)N1CCC(c2ccccc2)CC1. The molecule has 1 aliphatic carbocycles. The van der Waals surface area contributed by atoms with Gasteiger partial charge >= 0.3 is 0 Å². The molecule has 2 heterocycles. The number of hydrogen-bond donors (Lipinski definition) is 0. The van der Waals surface area contributed by atoms with E-state index >= 15 is 0 Å². The van der Waals surface area contributed by atoms with Crippen molar-refractivity contribution in [1.82, 2.24) is 9.80 Å². The summed E-state index contributed by atoms with van der Waals surface area (Å²) < 4.78 is 0. The number of carbonyl (C=O) groups is 2. The maximum absolute atomic E-state index is 12.7. The zero-order valence-corrected chi connectivity index (χ0v) is 13.5. The molecule has 3 fully saturated rings. The highest BCUT2D eigenvalue weighted by Crippen LogP contribution is 2.34. The lowest BCUT2D eigenvalue weighted by Crippen LogP contribution is -2.42. The molecular formula is C19H24N2O2. The molecule has 2 saturated heterocycles. The third kappa shape index (κ3) is 2.99. The predicted molar refractivity (Wildman–Crippen MR) is 87.8 cm³/mol. The molecule has 4 heteroatoms. The molecule has 1 aromatic carbocycles. The highest BCUT2D eigenvalue weighted by atomic mass is 16.2. The third-order valence-corrected chi connectivity index (χ3v) is 5.57. The summed E-state index contributed by atoms with van der Waals surface area (Å²) in [6.45, 7) is 2.31. The van der Waals surface area contributed by atoms with Crippen LogP contribution in [0.2, 0.25) is 0 Å². The molecular weight excluding hydrogens is 288 g/mol. The number of nitrogens with zero attached hydrogens (tertiary/aromatic N) is 2. The first-order chi connectivity index (χ1) is 11.2. The van der Waals surface area contributed by atoms with Crippen molar-refractivity contribution in [2.45, 2.75) is 44.1 Å². The zero-order chi connectivity index (χ0) is 15.8. The van der Waals surface area contributed by atoms with E-state index in [9.17, 15) is 9.59 Å². The second-order valence-corrected chi connectivity index (χ2v) is 7.19. The Balaban J connectivity index is 1.33. The summed E-state index contributed by atoms with van der Waals surface area (Å²) in [5.41, 5.74) is 1.38. The predicted octanol–water partition coefficient (Wildman–Crippen LogP) is 2.40. The molecule has 23 heavy (non-hydrogen) atoms. The smallest absolute Gasteiger partial charge is 0.227 e. The number of likely N-dealkylation sites (tertiary alicyclic amines) is 2. The number of amides is 2. The molecule has 1 atom stereocenters. The average Bonchev–Trinajstić information content (AvgIpc) is 3.37. The van der Waals surface area contributed by atoms with Crippen LogP contribution in [0.15, 0.2) is 30.3 Å². The van der Waals surface area contributed by atoms with E-state index in [1.807, 2.05) is 15.9 Å². The molecule has 3 aliphatic rings. The Morgan fingerprint density at radius 2 is 1.70 bits per heavy atom. The van der Waals surface area contributed by atoms with Crippen molar-refractivity contribution < 1.29 is 9.59 Å².